The van der Waals surface area contributed by atoms with E-state index in [0.29, 0.717) is 19.0 Å². The van der Waals surface area contributed by atoms with Gasteiger partial charge in [0.2, 0.25) is 0 Å². The van der Waals surface area contributed by atoms with Gasteiger partial charge in [0.1, 0.15) is 5.82 Å². The SMILES string of the molecule is CC(C)c1nccn1Cc1cccc(NC(=O)N(C[C@H]2CCCO2)C[C@@H]2CCCO2)c1. The fraction of sp³-hybridized carbons (Fsp3) is 0.583. The van der Waals surface area contributed by atoms with E-state index in [1.54, 1.807) is 0 Å². The van der Waals surface area contributed by atoms with Crippen molar-refractivity contribution in [3.63, 3.8) is 0 Å². The van der Waals surface area contributed by atoms with Crippen molar-refractivity contribution in [1.29, 1.82) is 0 Å². The molecule has 2 aliphatic heterocycles. The molecule has 4 rings (SSSR count). The third-order valence-electron chi connectivity index (χ3n) is 5.98. The summed E-state index contributed by atoms with van der Waals surface area (Å²) in [6.07, 6.45) is 8.23. The normalized spacial score (nSPS) is 21.0. The number of benzene rings is 1. The highest BCUT2D eigenvalue weighted by atomic mass is 16.5. The minimum atomic E-state index is -0.0892. The van der Waals surface area contributed by atoms with Gasteiger partial charge in [-0.3, -0.25) is 0 Å². The minimum absolute atomic E-state index is 0.0892. The van der Waals surface area contributed by atoms with Crippen LogP contribution in [0.15, 0.2) is 36.7 Å². The molecule has 2 aromatic rings. The summed E-state index contributed by atoms with van der Waals surface area (Å²) in [5.41, 5.74) is 1.93. The highest BCUT2D eigenvalue weighted by Crippen LogP contribution is 2.20. The van der Waals surface area contributed by atoms with E-state index in [-0.39, 0.29) is 18.2 Å². The molecular weight excluding hydrogens is 392 g/mol. The molecule has 1 aromatic carbocycles. The van der Waals surface area contributed by atoms with Crippen LogP contribution >= 0.6 is 0 Å². The van der Waals surface area contributed by atoms with Crippen molar-refractivity contribution in [2.75, 3.05) is 31.6 Å². The van der Waals surface area contributed by atoms with E-state index >= 15 is 0 Å². The molecule has 2 saturated heterocycles. The topological polar surface area (TPSA) is 68.6 Å². The Labute approximate surface area is 184 Å². The predicted octanol–water partition coefficient (Wildman–Crippen LogP) is 4.25. The summed E-state index contributed by atoms with van der Waals surface area (Å²) in [7, 11) is 0. The molecule has 0 bridgehead atoms. The van der Waals surface area contributed by atoms with Gasteiger partial charge in [-0.25, -0.2) is 9.78 Å². The molecule has 3 heterocycles. The van der Waals surface area contributed by atoms with Gasteiger partial charge in [-0.1, -0.05) is 26.0 Å². The Morgan fingerprint density at radius 2 is 1.90 bits per heavy atom. The molecule has 7 heteroatoms. The predicted molar refractivity (Wildman–Crippen MR) is 120 cm³/mol. The van der Waals surface area contributed by atoms with E-state index in [1.165, 1.54) is 0 Å². The Balaban J connectivity index is 1.42. The van der Waals surface area contributed by atoms with Crippen LogP contribution in [0, 0.1) is 0 Å². The van der Waals surface area contributed by atoms with E-state index in [9.17, 15) is 4.79 Å². The lowest BCUT2D eigenvalue weighted by molar-refractivity contribution is 0.0524. The first-order valence-electron chi connectivity index (χ1n) is 11.5. The fourth-order valence-corrected chi connectivity index (χ4v) is 4.41. The molecule has 2 fully saturated rings. The average Bonchev–Trinajstić information content (AvgIpc) is 3.51. The van der Waals surface area contributed by atoms with Crippen LogP contribution < -0.4 is 5.32 Å². The Hall–Kier alpha value is -2.38. The molecule has 1 N–H and O–H groups in total. The van der Waals surface area contributed by atoms with Gasteiger partial charge >= 0.3 is 6.03 Å². The summed E-state index contributed by atoms with van der Waals surface area (Å²) in [5, 5.41) is 3.10. The van der Waals surface area contributed by atoms with E-state index in [1.807, 2.05) is 35.5 Å². The molecule has 0 radical (unpaired) electrons. The van der Waals surface area contributed by atoms with Gasteiger partial charge in [-0.15, -0.1) is 0 Å². The molecular formula is C24H34N4O3. The van der Waals surface area contributed by atoms with Crippen molar-refractivity contribution in [3.05, 3.63) is 48.0 Å². The van der Waals surface area contributed by atoms with Crippen LogP contribution in [0.4, 0.5) is 10.5 Å². The number of carbonyl (C=O) groups excluding carboxylic acids is 1. The largest absolute Gasteiger partial charge is 0.376 e. The lowest BCUT2D eigenvalue weighted by Gasteiger charge is -2.28. The van der Waals surface area contributed by atoms with Crippen LogP contribution in [0.2, 0.25) is 0 Å². The monoisotopic (exact) mass is 426 g/mol. The van der Waals surface area contributed by atoms with Gasteiger partial charge < -0.3 is 24.3 Å². The zero-order chi connectivity index (χ0) is 21.6. The van der Waals surface area contributed by atoms with E-state index in [2.05, 4.69) is 34.8 Å². The van der Waals surface area contributed by atoms with Gasteiger partial charge in [0.25, 0.3) is 0 Å². The second-order valence-electron chi connectivity index (χ2n) is 8.87. The van der Waals surface area contributed by atoms with E-state index in [0.717, 1.165) is 62.5 Å². The summed E-state index contributed by atoms with van der Waals surface area (Å²) < 4.78 is 13.7. The van der Waals surface area contributed by atoms with Crippen LogP contribution in [-0.2, 0) is 16.0 Å². The van der Waals surface area contributed by atoms with E-state index < -0.39 is 0 Å². The number of aromatic nitrogens is 2. The number of nitrogens with one attached hydrogen (secondary N) is 1. The van der Waals surface area contributed by atoms with Crippen molar-refractivity contribution in [1.82, 2.24) is 14.5 Å². The molecule has 0 aliphatic carbocycles. The fourth-order valence-electron chi connectivity index (χ4n) is 4.41. The summed E-state index contributed by atoms with van der Waals surface area (Å²) in [6.45, 7) is 7.81. The summed E-state index contributed by atoms with van der Waals surface area (Å²) in [6, 6.07) is 7.96. The van der Waals surface area contributed by atoms with Crippen LogP contribution in [0.3, 0.4) is 0 Å². The van der Waals surface area contributed by atoms with Crippen LogP contribution in [0.1, 0.15) is 56.8 Å². The van der Waals surface area contributed by atoms with Gasteiger partial charge in [0, 0.05) is 56.8 Å². The number of anilines is 1. The van der Waals surface area contributed by atoms with Gasteiger partial charge in [0.05, 0.1) is 12.2 Å². The Morgan fingerprint density at radius 3 is 2.52 bits per heavy atom. The van der Waals surface area contributed by atoms with Crippen LogP contribution in [0.5, 0.6) is 0 Å². The maximum absolute atomic E-state index is 13.1. The van der Waals surface area contributed by atoms with Crippen molar-refractivity contribution in [2.24, 2.45) is 0 Å². The van der Waals surface area contributed by atoms with Crippen LogP contribution in [0.25, 0.3) is 0 Å². The van der Waals surface area contributed by atoms with Crippen molar-refractivity contribution >= 4 is 11.7 Å². The molecule has 1 aromatic heterocycles. The first kappa shape index (κ1) is 21.8. The third-order valence-corrected chi connectivity index (χ3v) is 5.98. The van der Waals surface area contributed by atoms with Crippen molar-refractivity contribution < 1.29 is 14.3 Å². The Bertz CT molecular complexity index is 836. The molecule has 2 amide bonds. The zero-order valence-electron chi connectivity index (χ0n) is 18.6. The standard InChI is InChI=1S/C24H34N4O3/c1-18(2)23-25-10-11-27(23)15-19-6-3-7-20(14-19)26-24(29)28(16-21-8-4-12-30-21)17-22-9-5-13-31-22/h3,6-7,10-11,14,18,21-22H,4-5,8-9,12-13,15-17H2,1-2H3,(H,26,29)/t21-,22+. The maximum atomic E-state index is 13.1. The summed E-state index contributed by atoms with van der Waals surface area (Å²) in [4.78, 5) is 19.5. The van der Waals surface area contributed by atoms with Gasteiger partial charge in [-0.2, -0.15) is 0 Å². The Morgan fingerprint density at radius 1 is 1.19 bits per heavy atom. The zero-order valence-corrected chi connectivity index (χ0v) is 18.6. The highest BCUT2D eigenvalue weighted by Gasteiger charge is 2.27. The number of amides is 2. The number of nitrogens with zero attached hydrogens (tertiary/aromatic N) is 3. The number of rotatable bonds is 8. The molecule has 0 saturated carbocycles. The first-order chi connectivity index (χ1) is 15.1. The quantitative estimate of drug-likeness (QED) is 0.685. The first-order valence-corrected chi connectivity index (χ1v) is 11.5. The molecule has 2 atom stereocenters. The Kier molecular flexibility index (Phi) is 7.25. The highest BCUT2D eigenvalue weighted by molar-refractivity contribution is 5.89. The number of carbonyl (C=O) groups is 1. The average molecular weight is 427 g/mol. The van der Waals surface area contributed by atoms with E-state index in [4.69, 9.17) is 9.47 Å². The smallest absolute Gasteiger partial charge is 0.322 e. The molecule has 2 aliphatic rings. The molecule has 0 spiro atoms. The van der Waals surface area contributed by atoms with Gasteiger partial charge in [-0.05, 0) is 43.4 Å². The molecule has 31 heavy (non-hydrogen) atoms. The summed E-state index contributed by atoms with van der Waals surface area (Å²) in [5.74, 6) is 1.43. The number of imidazole rings is 1. The second-order valence-corrected chi connectivity index (χ2v) is 8.87. The minimum Gasteiger partial charge on any atom is -0.376 e. The number of hydrogen-bond acceptors (Lipinski definition) is 4. The molecule has 0 unspecified atom stereocenters. The molecule has 168 valence electrons. The van der Waals surface area contributed by atoms with Crippen LogP contribution in [-0.4, -0.2) is 59.0 Å². The number of ether oxygens (including phenoxy) is 2. The lowest BCUT2D eigenvalue weighted by Crippen LogP contribution is -2.44. The van der Waals surface area contributed by atoms with Crippen molar-refractivity contribution in [3.8, 4) is 0 Å². The maximum Gasteiger partial charge on any atom is 0.322 e. The van der Waals surface area contributed by atoms with Crippen molar-refractivity contribution in [2.45, 2.75) is 64.2 Å². The number of urea groups is 1. The number of hydrogen-bond donors (Lipinski definition) is 1. The lowest BCUT2D eigenvalue weighted by atomic mass is 10.1. The molecule has 7 nitrogen and oxygen atoms in total. The second kappa shape index (κ2) is 10.3. The summed E-state index contributed by atoms with van der Waals surface area (Å²) >= 11 is 0. The third kappa shape index (κ3) is 5.86. The van der Waals surface area contributed by atoms with Gasteiger partial charge in [0.15, 0.2) is 0 Å².